The van der Waals surface area contributed by atoms with E-state index in [1.807, 2.05) is 0 Å². The molecular formula is C21H31F3N4O. The number of likely N-dealkylation sites (tertiary alicyclic amines) is 1. The Balaban J connectivity index is 1.33. The first-order valence-electron chi connectivity index (χ1n) is 10.4. The van der Waals surface area contributed by atoms with Gasteiger partial charge in [-0.25, -0.2) is 0 Å². The van der Waals surface area contributed by atoms with Crippen LogP contribution in [-0.2, 0) is 17.5 Å². The minimum atomic E-state index is -4.28. The van der Waals surface area contributed by atoms with E-state index in [4.69, 9.17) is 4.74 Å². The number of hydrogen-bond donors (Lipinski definition) is 2. The number of guanidine groups is 1. The van der Waals surface area contributed by atoms with E-state index < -0.39 is 11.7 Å². The summed E-state index contributed by atoms with van der Waals surface area (Å²) in [4.78, 5) is 6.53. The second kappa shape index (κ2) is 10.3. The average molecular weight is 413 g/mol. The van der Waals surface area contributed by atoms with Crippen molar-refractivity contribution >= 4 is 5.96 Å². The van der Waals surface area contributed by atoms with Crippen LogP contribution in [0.25, 0.3) is 0 Å². The van der Waals surface area contributed by atoms with Crippen molar-refractivity contribution in [3.05, 3.63) is 35.4 Å². The summed E-state index contributed by atoms with van der Waals surface area (Å²) in [5, 5.41) is 6.76. The molecule has 1 unspecified atom stereocenters. The second-order valence-electron chi connectivity index (χ2n) is 7.93. The summed E-state index contributed by atoms with van der Waals surface area (Å²) < 4.78 is 43.6. The fourth-order valence-corrected chi connectivity index (χ4v) is 3.45. The lowest BCUT2D eigenvalue weighted by molar-refractivity contribution is -0.137. The van der Waals surface area contributed by atoms with Gasteiger partial charge in [0, 0.05) is 52.5 Å². The van der Waals surface area contributed by atoms with E-state index in [9.17, 15) is 13.2 Å². The van der Waals surface area contributed by atoms with Crippen LogP contribution in [0.15, 0.2) is 29.3 Å². The molecule has 0 aromatic heterocycles. The van der Waals surface area contributed by atoms with Crippen LogP contribution in [0.3, 0.4) is 0 Å². The molecule has 1 aromatic rings. The topological polar surface area (TPSA) is 48.9 Å². The van der Waals surface area contributed by atoms with Gasteiger partial charge in [-0.2, -0.15) is 13.2 Å². The van der Waals surface area contributed by atoms with Crippen molar-refractivity contribution in [2.45, 2.75) is 44.4 Å². The third-order valence-corrected chi connectivity index (χ3v) is 5.33. The molecule has 2 fully saturated rings. The van der Waals surface area contributed by atoms with Gasteiger partial charge in [-0.15, -0.1) is 0 Å². The van der Waals surface area contributed by atoms with Crippen molar-refractivity contribution in [1.29, 1.82) is 0 Å². The number of halogens is 3. The summed E-state index contributed by atoms with van der Waals surface area (Å²) in [7, 11) is 1.76. The van der Waals surface area contributed by atoms with Crippen LogP contribution < -0.4 is 10.6 Å². The Morgan fingerprint density at radius 3 is 2.62 bits per heavy atom. The standard InChI is InChI=1S/C21H31F3N4O/c1-25-20(26-10-2-12-29-15-17-3-4-17)27-19-9-11-28(14-19)13-16-5-7-18(8-6-16)21(22,23)24/h5-8,17,19H,2-4,9-15H2,1H3,(H2,25,26,27). The van der Waals surface area contributed by atoms with Gasteiger partial charge in [0.05, 0.1) is 5.56 Å². The van der Waals surface area contributed by atoms with Crippen molar-refractivity contribution in [3.63, 3.8) is 0 Å². The van der Waals surface area contributed by atoms with E-state index in [1.165, 1.54) is 12.8 Å². The smallest absolute Gasteiger partial charge is 0.381 e. The molecule has 29 heavy (non-hydrogen) atoms. The van der Waals surface area contributed by atoms with Gasteiger partial charge in [-0.3, -0.25) is 9.89 Å². The molecule has 3 rings (SSSR count). The minimum absolute atomic E-state index is 0.279. The van der Waals surface area contributed by atoms with E-state index in [-0.39, 0.29) is 6.04 Å². The zero-order valence-electron chi connectivity index (χ0n) is 17.0. The first-order valence-corrected chi connectivity index (χ1v) is 10.4. The van der Waals surface area contributed by atoms with Crippen LogP contribution in [0.4, 0.5) is 13.2 Å². The molecule has 2 N–H and O–H groups in total. The number of aliphatic imine (C=N–C) groups is 1. The SMILES string of the molecule is CN=C(NCCCOCC1CC1)NC1CCN(Cc2ccc(C(F)(F)F)cc2)C1. The Hall–Kier alpha value is -1.80. The van der Waals surface area contributed by atoms with E-state index in [0.717, 1.165) is 75.3 Å². The van der Waals surface area contributed by atoms with Crippen LogP contribution in [-0.4, -0.2) is 56.8 Å². The molecule has 0 spiro atoms. The maximum absolute atomic E-state index is 12.7. The summed E-state index contributed by atoms with van der Waals surface area (Å²) in [5.41, 5.74) is 0.294. The number of nitrogens with zero attached hydrogens (tertiary/aromatic N) is 2. The molecule has 1 heterocycles. The summed E-state index contributed by atoms with van der Waals surface area (Å²) >= 11 is 0. The number of ether oxygens (including phenoxy) is 1. The third-order valence-electron chi connectivity index (χ3n) is 5.33. The lowest BCUT2D eigenvalue weighted by Gasteiger charge is -2.19. The molecule has 1 atom stereocenters. The highest BCUT2D eigenvalue weighted by Gasteiger charge is 2.30. The Kier molecular flexibility index (Phi) is 7.77. The van der Waals surface area contributed by atoms with E-state index in [1.54, 1.807) is 19.2 Å². The van der Waals surface area contributed by atoms with Crippen LogP contribution in [0, 0.1) is 5.92 Å². The first-order chi connectivity index (χ1) is 13.9. The molecule has 5 nitrogen and oxygen atoms in total. The maximum Gasteiger partial charge on any atom is 0.416 e. The van der Waals surface area contributed by atoms with Crippen molar-refractivity contribution in [3.8, 4) is 0 Å². The summed E-state index contributed by atoms with van der Waals surface area (Å²) in [6.07, 6.45) is 0.259. The highest BCUT2D eigenvalue weighted by molar-refractivity contribution is 5.79. The predicted molar refractivity (Wildman–Crippen MR) is 108 cm³/mol. The summed E-state index contributed by atoms with van der Waals surface area (Å²) in [6.45, 7) is 4.87. The molecule has 8 heteroatoms. The Morgan fingerprint density at radius 2 is 1.97 bits per heavy atom. The predicted octanol–water partition coefficient (Wildman–Crippen LogP) is 3.26. The van der Waals surface area contributed by atoms with Crippen molar-refractivity contribution < 1.29 is 17.9 Å². The van der Waals surface area contributed by atoms with Gasteiger partial charge in [-0.1, -0.05) is 12.1 Å². The van der Waals surface area contributed by atoms with Crippen molar-refractivity contribution in [2.24, 2.45) is 10.9 Å². The molecule has 0 bridgehead atoms. The zero-order chi connectivity index (χ0) is 20.7. The normalized spacial score (nSPS) is 20.8. The van der Waals surface area contributed by atoms with Crippen LogP contribution in [0.2, 0.25) is 0 Å². The number of rotatable bonds is 9. The quantitative estimate of drug-likeness (QED) is 0.371. The number of nitrogens with one attached hydrogen (secondary N) is 2. The van der Waals surface area contributed by atoms with Gasteiger partial charge in [0.2, 0.25) is 0 Å². The molecular weight excluding hydrogens is 381 g/mol. The highest BCUT2D eigenvalue weighted by atomic mass is 19.4. The fourth-order valence-electron chi connectivity index (χ4n) is 3.45. The van der Waals surface area contributed by atoms with Gasteiger partial charge >= 0.3 is 6.18 Å². The molecule has 0 amide bonds. The third kappa shape index (κ3) is 7.51. The maximum atomic E-state index is 12.7. The molecule has 1 aromatic carbocycles. The molecule has 1 saturated carbocycles. The molecule has 0 radical (unpaired) electrons. The molecule has 1 aliphatic heterocycles. The molecule has 1 saturated heterocycles. The fraction of sp³-hybridized carbons (Fsp3) is 0.667. The van der Waals surface area contributed by atoms with Gasteiger partial charge in [0.15, 0.2) is 5.96 Å². The largest absolute Gasteiger partial charge is 0.416 e. The Bertz CT molecular complexity index is 659. The number of alkyl halides is 3. The monoisotopic (exact) mass is 412 g/mol. The van der Waals surface area contributed by atoms with E-state index in [2.05, 4.69) is 20.5 Å². The van der Waals surface area contributed by atoms with Crippen LogP contribution in [0.5, 0.6) is 0 Å². The number of benzene rings is 1. The number of hydrogen-bond acceptors (Lipinski definition) is 3. The molecule has 162 valence electrons. The summed E-state index contributed by atoms with van der Waals surface area (Å²) in [6, 6.07) is 5.72. The van der Waals surface area contributed by atoms with Gasteiger partial charge in [-0.05, 0) is 49.3 Å². The van der Waals surface area contributed by atoms with E-state index >= 15 is 0 Å². The van der Waals surface area contributed by atoms with Crippen molar-refractivity contribution in [2.75, 3.05) is 39.9 Å². The van der Waals surface area contributed by atoms with Crippen LogP contribution in [0.1, 0.15) is 36.8 Å². The summed E-state index contributed by atoms with van der Waals surface area (Å²) in [5.74, 6) is 1.58. The zero-order valence-corrected chi connectivity index (χ0v) is 17.0. The lowest BCUT2D eigenvalue weighted by atomic mass is 10.1. The second-order valence-corrected chi connectivity index (χ2v) is 7.93. The van der Waals surface area contributed by atoms with E-state index in [0.29, 0.717) is 6.54 Å². The molecule has 2 aliphatic rings. The lowest BCUT2D eigenvalue weighted by Crippen LogP contribution is -2.44. The Morgan fingerprint density at radius 1 is 1.21 bits per heavy atom. The Labute approximate surface area is 170 Å². The average Bonchev–Trinajstić information content (AvgIpc) is 3.42. The van der Waals surface area contributed by atoms with Crippen LogP contribution >= 0.6 is 0 Å². The molecule has 1 aliphatic carbocycles. The highest BCUT2D eigenvalue weighted by Crippen LogP contribution is 2.29. The van der Waals surface area contributed by atoms with Crippen molar-refractivity contribution in [1.82, 2.24) is 15.5 Å². The van der Waals surface area contributed by atoms with Gasteiger partial charge < -0.3 is 15.4 Å². The first kappa shape index (κ1) is 21.9. The van der Waals surface area contributed by atoms with Gasteiger partial charge in [0.25, 0.3) is 0 Å². The van der Waals surface area contributed by atoms with Gasteiger partial charge in [0.1, 0.15) is 0 Å². The minimum Gasteiger partial charge on any atom is -0.381 e.